The van der Waals surface area contributed by atoms with Crippen LogP contribution in [0.15, 0.2) is 66.7 Å². The summed E-state index contributed by atoms with van der Waals surface area (Å²) in [6.45, 7) is 6.25. The summed E-state index contributed by atoms with van der Waals surface area (Å²) in [6.07, 6.45) is 5.85. The van der Waals surface area contributed by atoms with Gasteiger partial charge in [-0.3, -0.25) is 4.79 Å². The lowest BCUT2D eigenvalue weighted by Crippen LogP contribution is -2.30. The predicted octanol–water partition coefficient (Wildman–Crippen LogP) is 6.53. The lowest BCUT2D eigenvalue weighted by atomic mass is 10.0. The van der Waals surface area contributed by atoms with E-state index in [4.69, 9.17) is 9.72 Å². The molecule has 0 atom stereocenters. The fraction of sp³-hybridized carbons (Fsp3) is 0.400. The molecule has 5 nitrogen and oxygen atoms in total. The van der Waals surface area contributed by atoms with Gasteiger partial charge in [0.25, 0.3) is 0 Å². The van der Waals surface area contributed by atoms with Crippen molar-refractivity contribution in [2.24, 2.45) is 5.92 Å². The highest BCUT2D eigenvalue weighted by Gasteiger charge is 2.13. The van der Waals surface area contributed by atoms with E-state index in [1.54, 1.807) is 0 Å². The number of benzene rings is 3. The van der Waals surface area contributed by atoms with Crippen LogP contribution in [0, 0.1) is 5.92 Å². The van der Waals surface area contributed by atoms with Crippen molar-refractivity contribution in [1.82, 2.24) is 14.9 Å². The van der Waals surface area contributed by atoms with Crippen molar-refractivity contribution in [3.8, 4) is 5.75 Å². The first-order valence-corrected chi connectivity index (χ1v) is 13.0. The van der Waals surface area contributed by atoms with Gasteiger partial charge in [0.05, 0.1) is 17.6 Å². The number of aryl methyl sites for hydroxylation is 1. The first kappa shape index (κ1) is 24.8. The van der Waals surface area contributed by atoms with E-state index in [2.05, 4.69) is 66.2 Å². The van der Waals surface area contributed by atoms with Crippen LogP contribution in [0.4, 0.5) is 0 Å². The van der Waals surface area contributed by atoms with Crippen LogP contribution in [0.25, 0.3) is 21.8 Å². The molecule has 0 bridgehead atoms. The molecule has 0 unspecified atom stereocenters. The van der Waals surface area contributed by atoms with Gasteiger partial charge in [0.2, 0.25) is 5.91 Å². The van der Waals surface area contributed by atoms with Gasteiger partial charge in [0.1, 0.15) is 18.2 Å². The van der Waals surface area contributed by atoms with Crippen molar-refractivity contribution in [3.63, 3.8) is 0 Å². The number of fused-ring (bicyclic) bond motifs is 2. The molecule has 0 radical (unpaired) electrons. The van der Waals surface area contributed by atoms with Crippen LogP contribution in [0.1, 0.15) is 51.8 Å². The molecule has 0 aliphatic carbocycles. The van der Waals surface area contributed by atoms with Crippen LogP contribution in [0.3, 0.4) is 0 Å². The molecule has 0 spiro atoms. The third-order valence-corrected chi connectivity index (χ3v) is 6.79. The van der Waals surface area contributed by atoms with E-state index in [1.807, 2.05) is 24.3 Å². The topological polar surface area (TPSA) is 56.2 Å². The molecule has 1 amide bonds. The number of hydrogen-bond donors (Lipinski definition) is 1. The second kappa shape index (κ2) is 12.4. The van der Waals surface area contributed by atoms with Crippen LogP contribution >= 0.6 is 0 Å². The Hall–Kier alpha value is -3.34. The highest BCUT2D eigenvalue weighted by molar-refractivity contribution is 5.88. The molecule has 0 fully saturated rings. The number of hydrogen-bond acceptors (Lipinski definition) is 3. The molecule has 3 aromatic carbocycles. The summed E-state index contributed by atoms with van der Waals surface area (Å²) in [4.78, 5) is 17.1. The highest BCUT2D eigenvalue weighted by atomic mass is 16.5. The van der Waals surface area contributed by atoms with Crippen molar-refractivity contribution in [2.45, 2.75) is 58.9 Å². The Kier molecular flexibility index (Phi) is 8.77. The van der Waals surface area contributed by atoms with Crippen molar-refractivity contribution >= 4 is 27.7 Å². The zero-order valence-corrected chi connectivity index (χ0v) is 21.0. The number of amides is 1. The molecule has 4 aromatic rings. The molecule has 0 saturated carbocycles. The number of nitrogens with zero attached hydrogens (tertiary/aromatic N) is 2. The smallest absolute Gasteiger partial charge is 0.223 e. The van der Waals surface area contributed by atoms with Crippen molar-refractivity contribution < 1.29 is 9.53 Å². The lowest BCUT2D eigenvalue weighted by Gasteiger charge is -2.13. The summed E-state index contributed by atoms with van der Waals surface area (Å²) in [7, 11) is 0. The van der Waals surface area contributed by atoms with Crippen LogP contribution in [-0.4, -0.2) is 28.6 Å². The second-order valence-corrected chi connectivity index (χ2v) is 9.11. The van der Waals surface area contributed by atoms with Gasteiger partial charge in [-0.25, -0.2) is 4.98 Å². The number of nitrogens with one attached hydrogen (secondary N) is 1. The molecule has 1 heterocycles. The van der Waals surface area contributed by atoms with Gasteiger partial charge in [0.15, 0.2) is 0 Å². The normalized spacial score (nSPS) is 11.4. The van der Waals surface area contributed by atoms with E-state index in [1.165, 1.54) is 5.39 Å². The molecule has 0 aliphatic heterocycles. The average Bonchev–Trinajstić information content (AvgIpc) is 3.24. The summed E-state index contributed by atoms with van der Waals surface area (Å²) in [5, 5.41) is 5.43. The summed E-state index contributed by atoms with van der Waals surface area (Å²) in [5.74, 6) is 2.37. The molecule has 35 heavy (non-hydrogen) atoms. The maximum absolute atomic E-state index is 12.1. The Bertz CT molecular complexity index is 1240. The molecule has 5 heteroatoms. The number of aromatic nitrogens is 2. The number of ether oxygens (including phenoxy) is 1. The van der Waals surface area contributed by atoms with Crippen molar-refractivity contribution in [2.75, 3.05) is 13.2 Å². The van der Waals surface area contributed by atoms with Crippen molar-refractivity contribution in [1.29, 1.82) is 0 Å². The molecule has 1 aromatic heterocycles. The number of carbonyl (C=O) groups excluding carboxylic acids is 1. The molecule has 0 saturated heterocycles. The van der Waals surface area contributed by atoms with E-state index in [-0.39, 0.29) is 11.8 Å². The van der Waals surface area contributed by atoms with E-state index < -0.39 is 0 Å². The Labute approximate surface area is 208 Å². The van der Waals surface area contributed by atoms with Gasteiger partial charge in [-0.1, -0.05) is 68.8 Å². The Morgan fingerprint density at radius 1 is 0.943 bits per heavy atom. The second-order valence-electron chi connectivity index (χ2n) is 9.11. The third-order valence-electron chi connectivity index (χ3n) is 6.79. The van der Waals surface area contributed by atoms with Crippen LogP contribution in [0.2, 0.25) is 0 Å². The van der Waals surface area contributed by atoms with E-state index in [0.29, 0.717) is 6.61 Å². The SMILES string of the molecule is CCC(CC)C(=O)NCCCCCc1nc2ccccc2n1CCOc1cccc2ccccc12. The maximum atomic E-state index is 12.1. The largest absolute Gasteiger partial charge is 0.491 e. The monoisotopic (exact) mass is 471 g/mol. The number of imidazole rings is 1. The van der Waals surface area contributed by atoms with Gasteiger partial charge in [-0.05, 0) is 49.3 Å². The Morgan fingerprint density at radius 3 is 2.57 bits per heavy atom. The lowest BCUT2D eigenvalue weighted by molar-refractivity contribution is -0.125. The zero-order valence-electron chi connectivity index (χ0n) is 21.0. The van der Waals surface area contributed by atoms with Gasteiger partial charge < -0.3 is 14.6 Å². The number of carbonyl (C=O) groups is 1. The van der Waals surface area contributed by atoms with Gasteiger partial charge in [-0.15, -0.1) is 0 Å². The molecule has 184 valence electrons. The summed E-state index contributed by atoms with van der Waals surface area (Å²) in [5.41, 5.74) is 2.19. The number of unbranched alkanes of at least 4 members (excludes halogenated alkanes) is 2. The van der Waals surface area contributed by atoms with Crippen LogP contribution in [-0.2, 0) is 17.8 Å². The van der Waals surface area contributed by atoms with E-state index in [9.17, 15) is 4.79 Å². The molecule has 4 rings (SSSR count). The van der Waals surface area contributed by atoms with Crippen LogP contribution < -0.4 is 10.1 Å². The first-order chi connectivity index (χ1) is 17.2. The van der Waals surface area contributed by atoms with Gasteiger partial charge in [-0.2, -0.15) is 0 Å². The molecule has 1 N–H and O–H groups in total. The minimum absolute atomic E-state index is 0.144. The van der Waals surface area contributed by atoms with E-state index >= 15 is 0 Å². The first-order valence-electron chi connectivity index (χ1n) is 13.0. The molecule has 0 aliphatic rings. The highest BCUT2D eigenvalue weighted by Crippen LogP contribution is 2.25. The number of rotatable bonds is 13. The summed E-state index contributed by atoms with van der Waals surface area (Å²) in [6, 6.07) is 22.8. The summed E-state index contributed by atoms with van der Waals surface area (Å²) < 4.78 is 8.53. The number of para-hydroxylation sites is 2. The van der Waals surface area contributed by atoms with E-state index in [0.717, 1.165) is 79.6 Å². The third kappa shape index (κ3) is 6.21. The quantitative estimate of drug-likeness (QED) is 0.225. The standard InChI is InChI=1S/C30H37N3O2/c1-3-23(4-2)30(34)31-20-11-5-6-19-29-32-26-16-9-10-17-27(26)33(29)21-22-35-28-18-12-14-24-13-7-8-15-25(24)28/h7-10,12-18,23H,3-6,11,19-22H2,1-2H3,(H,31,34). The van der Waals surface area contributed by atoms with Gasteiger partial charge >= 0.3 is 0 Å². The average molecular weight is 472 g/mol. The Morgan fingerprint density at radius 2 is 1.71 bits per heavy atom. The minimum Gasteiger partial charge on any atom is -0.491 e. The zero-order chi connectivity index (χ0) is 24.5. The minimum atomic E-state index is 0.144. The maximum Gasteiger partial charge on any atom is 0.223 e. The molecular formula is C30H37N3O2. The summed E-state index contributed by atoms with van der Waals surface area (Å²) >= 11 is 0. The fourth-order valence-corrected chi connectivity index (χ4v) is 4.73. The Balaban J connectivity index is 1.33. The van der Waals surface area contributed by atoms with Crippen molar-refractivity contribution in [3.05, 3.63) is 72.6 Å². The molecular weight excluding hydrogens is 434 g/mol. The fourth-order valence-electron chi connectivity index (χ4n) is 4.73. The predicted molar refractivity (Wildman–Crippen MR) is 144 cm³/mol. The van der Waals surface area contributed by atoms with Gasteiger partial charge in [0, 0.05) is 24.3 Å². The van der Waals surface area contributed by atoms with Crippen LogP contribution in [0.5, 0.6) is 5.75 Å².